The van der Waals surface area contributed by atoms with Crippen molar-refractivity contribution >= 4 is 29.8 Å². The lowest BCUT2D eigenvalue weighted by Crippen LogP contribution is -2.44. The predicted molar refractivity (Wildman–Crippen MR) is 138 cm³/mol. The molecule has 0 spiro atoms. The summed E-state index contributed by atoms with van der Waals surface area (Å²) in [4.78, 5) is 36.9. The van der Waals surface area contributed by atoms with Crippen LogP contribution in [0.1, 0.15) is 56.7 Å². The third-order valence-electron chi connectivity index (χ3n) is 4.98. The van der Waals surface area contributed by atoms with Gasteiger partial charge in [-0.3, -0.25) is 0 Å². The molecule has 1 atom stereocenters. The van der Waals surface area contributed by atoms with Crippen LogP contribution >= 0.6 is 11.6 Å². The maximum absolute atomic E-state index is 12.7. The minimum Gasteiger partial charge on any atom is -0.459 e. The molecule has 0 unspecified atom stereocenters. The van der Waals surface area contributed by atoms with Crippen molar-refractivity contribution in [3.8, 4) is 0 Å². The Labute approximate surface area is 217 Å². The Morgan fingerprint density at radius 2 is 1.61 bits per heavy atom. The molecule has 9 heteroatoms. The SMILES string of the molecule is Cc1ccc(COC(=O)[C@@H](CCCCNC(=O)OCc2ccccc2Cl)NC(=O)OC(C)(C)C)cc1. The van der Waals surface area contributed by atoms with Crippen LogP contribution in [0.25, 0.3) is 0 Å². The van der Waals surface area contributed by atoms with Gasteiger partial charge in [0.15, 0.2) is 0 Å². The van der Waals surface area contributed by atoms with Crippen molar-refractivity contribution < 1.29 is 28.6 Å². The fourth-order valence-corrected chi connectivity index (χ4v) is 3.30. The van der Waals surface area contributed by atoms with Gasteiger partial charge in [-0.2, -0.15) is 0 Å². The maximum Gasteiger partial charge on any atom is 0.408 e. The first-order chi connectivity index (χ1) is 17.0. The highest BCUT2D eigenvalue weighted by Gasteiger charge is 2.25. The summed E-state index contributed by atoms with van der Waals surface area (Å²) >= 11 is 6.05. The average molecular weight is 519 g/mol. The number of carbonyl (C=O) groups excluding carboxylic acids is 3. The number of unbranched alkanes of at least 4 members (excludes halogenated alkanes) is 1. The number of carbonyl (C=O) groups is 3. The van der Waals surface area contributed by atoms with Gasteiger partial charge in [0.1, 0.15) is 24.9 Å². The Bertz CT molecular complexity index is 1000. The van der Waals surface area contributed by atoms with Crippen LogP contribution < -0.4 is 10.6 Å². The van der Waals surface area contributed by atoms with Crippen LogP contribution in [0.3, 0.4) is 0 Å². The number of amides is 2. The minimum atomic E-state index is -0.877. The fourth-order valence-electron chi connectivity index (χ4n) is 3.11. The molecule has 0 radical (unpaired) electrons. The molecule has 36 heavy (non-hydrogen) atoms. The molecular weight excluding hydrogens is 484 g/mol. The zero-order chi connectivity index (χ0) is 26.6. The summed E-state index contributed by atoms with van der Waals surface area (Å²) in [6, 6.07) is 13.9. The van der Waals surface area contributed by atoms with Crippen LogP contribution in [0, 0.1) is 6.92 Å². The number of aryl methyl sites for hydroxylation is 1. The van der Waals surface area contributed by atoms with Gasteiger partial charge in [0, 0.05) is 17.1 Å². The number of hydrogen-bond donors (Lipinski definition) is 2. The number of nitrogens with one attached hydrogen (secondary N) is 2. The fraction of sp³-hybridized carbons (Fsp3) is 0.444. The molecule has 0 aliphatic heterocycles. The molecule has 8 nitrogen and oxygen atoms in total. The van der Waals surface area contributed by atoms with Gasteiger partial charge in [0.25, 0.3) is 0 Å². The van der Waals surface area contributed by atoms with Crippen molar-refractivity contribution in [1.82, 2.24) is 10.6 Å². The van der Waals surface area contributed by atoms with E-state index in [-0.39, 0.29) is 13.2 Å². The summed E-state index contributed by atoms with van der Waals surface area (Å²) in [5.41, 5.74) is 1.98. The Hall–Kier alpha value is -3.26. The monoisotopic (exact) mass is 518 g/mol. The van der Waals surface area contributed by atoms with Crippen LogP contribution in [0.15, 0.2) is 48.5 Å². The summed E-state index contributed by atoms with van der Waals surface area (Å²) < 4.78 is 15.9. The van der Waals surface area contributed by atoms with E-state index in [2.05, 4.69) is 10.6 Å². The molecule has 2 amide bonds. The lowest BCUT2D eigenvalue weighted by atomic mass is 10.1. The van der Waals surface area contributed by atoms with E-state index in [1.54, 1.807) is 39.0 Å². The molecule has 0 heterocycles. The lowest BCUT2D eigenvalue weighted by Gasteiger charge is -2.23. The van der Waals surface area contributed by atoms with Gasteiger partial charge in [-0.15, -0.1) is 0 Å². The van der Waals surface area contributed by atoms with E-state index < -0.39 is 29.8 Å². The molecule has 0 fully saturated rings. The van der Waals surface area contributed by atoms with E-state index in [1.165, 1.54) is 0 Å². The number of esters is 1. The number of alkyl carbamates (subject to hydrolysis) is 2. The van der Waals surface area contributed by atoms with E-state index in [0.29, 0.717) is 30.8 Å². The molecule has 0 saturated heterocycles. The quantitative estimate of drug-likeness (QED) is 0.225. The topological polar surface area (TPSA) is 103 Å². The van der Waals surface area contributed by atoms with E-state index in [4.69, 9.17) is 25.8 Å². The number of ether oxygens (including phenoxy) is 3. The van der Waals surface area contributed by atoms with Crippen LogP contribution in [-0.2, 0) is 32.2 Å². The van der Waals surface area contributed by atoms with Gasteiger partial charge < -0.3 is 24.8 Å². The summed E-state index contributed by atoms with van der Waals surface area (Å²) in [6.07, 6.45) is 0.184. The number of benzene rings is 2. The Kier molecular flexibility index (Phi) is 11.5. The van der Waals surface area contributed by atoms with Crippen LogP contribution in [0.2, 0.25) is 5.02 Å². The lowest BCUT2D eigenvalue weighted by molar-refractivity contribution is -0.147. The second kappa shape index (κ2) is 14.3. The summed E-state index contributed by atoms with van der Waals surface area (Å²) in [5.74, 6) is -0.548. The van der Waals surface area contributed by atoms with Gasteiger partial charge in [0.2, 0.25) is 0 Å². The second-order valence-corrected chi connectivity index (χ2v) is 9.79. The zero-order valence-electron chi connectivity index (χ0n) is 21.3. The molecule has 0 bridgehead atoms. The normalized spacial score (nSPS) is 11.8. The van der Waals surface area contributed by atoms with E-state index in [9.17, 15) is 14.4 Å². The van der Waals surface area contributed by atoms with Crippen LogP contribution in [0.4, 0.5) is 9.59 Å². The first kappa shape index (κ1) is 29.0. The highest BCUT2D eigenvalue weighted by molar-refractivity contribution is 6.31. The smallest absolute Gasteiger partial charge is 0.408 e. The van der Waals surface area contributed by atoms with Crippen molar-refractivity contribution in [2.24, 2.45) is 0 Å². The van der Waals surface area contributed by atoms with Crippen molar-refractivity contribution in [3.63, 3.8) is 0 Å². The molecule has 2 rings (SSSR count). The molecule has 2 aromatic rings. The predicted octanol–water partition coefficient (Wildman–Crippen LogP) is 5.68. The first-order valence-corrected chi connectivity index (χ1v) is 12.3. The molecule has 2 N–H and O–H groups in total. The van der Waals surface area contributed by atoms with E-state index >= 15 is 0 Å². The largest absolute Gasteiger partial charge is 0.459 e. The van der Waals surface area contributed by atoms with Gasteiger partial charge in [-0.1, -0.05) is 59.6 Å². The van der Waals surface area contributed by atoms with Gasteiger partial charge >= 0.3 is 18.2 Å². The molecule has 0 aromatic heterocycles. The van der Waals surface area contributed by atoms with Gasteiger partial charge in [-0.05, 0) is 58.6 Å². The average Bonchev–Trinajstić information content (AvgIpc) is 2.81. The number of halogens is 1. The second-order valence-electron chi connectivity index (χ2n) is 9.38. The Morgan fingerprint density at radius 1 is 0.917 bits per heavy atom. The Morgan fingerprint density at radius 3 is 2.28 bits per heavy atom. The van der Waals surface area contributed by atoms with Crippen molar-refractivity contribution in [2.45, 2.75) is 71.8 Å². The molecule has 196 valence electrons. The van der Waals surface area contributed by atoms with Crippen molar-refractivity contribution in [3.05, 3.63) is 70.2 Å². The molecule has 0 aliphatic rings. The molecule has 2 aromatic carbocycles. The highest BCUT2D eigenvalue weighted by Crippen LogP contribution is 2.16. The first-order valence-electron chi connectivity index (χ1n) is 11.9. The zero-order valence-corrected chi connectivity index (χ0v) is 22.0. The Balaban J connectivity index is 1.79. The summed E-state index contributed by atoms with van der Waals surface area (Å²) in [5, 5.41) is 5.80. The maximum atomic E-state index is 12.7. The third-order valence-corrected chi connectivity index (χ3v) is 5.35. The summed E-state index contributed by atoms with van der Waals surface area (Å²) in [6.45, 7) is 7.73. The van der Waals surface area contributed by atoms with Crippen molar-refractivity contribution in [2.75, 3.05) is 6.54 Å². The van der Waals surface area contributed by atoms with Crippen molar-refractivity contribution in [1.29, 1.82) is 0 Å². The third kappa shape index (κ3) is 11.4. The molecule has 0 saturated carbocycles. The number of rotatable bonds is 11. The standard InChI is InChI=1S/C27H35ClN2O6/c1-19-12-14-20(15-13-19)17-34-24(31)23(30-26(33)36-27(2,3)4)11-7-8-16-29-25(32)35-18-21-9-5-6-10-22(21)28/h5-6,9-10,12-15,23H,7-8,11,16-18H2,1-4H3,(H,29,32)(H,30,33)/t23-/m1/s1. The molecular formula is C27H35ClN2O6. The minimum absolute atomic E-state index is 0.0697. The van der Waals surface area contributed by atoms with Gasteiger partial charge in [0.05, 0.1) is 0 Å². The highest BCUT2D eigenvalue weighted by atomic mass is 35.5. The van der Waals surface area contributed by atoms with E-state index in [1.807, 2.05) is 37.3 Å². The number of hydrogen-bond acceptors (Lipinski definition) is 6. The van der Waals surface area contributed by atoms with Gasteiger partial charge in [-0.25, -0.2) is 14.4 Å². The van der Waals surface area contributed by atoms with Crippen LogP contribution in [-0.4, -0.2) is 36.3 Å². The van der Waals surface area contributed by atoms with E-state index in [0.717, 1.165) is 16.7 Å². The van der Waals surface area contributed by atoms with Crippen LogP contribution in [0.5, 0.6) is 0 Å². The molecule has 0 aliphatic carbocycles. The summed E-state index contributed by atoms with van der Waals surface area (Å²) in [7, 11) is 0.